The third-order valence-corrected chi connectivity index (χ3v) is 2.97. The topological polar surface area (TPSA) is 43.4 Å². The van der Waals surface area contributed by atoms with E-state index in [1.807, 2.05) is 13.8 Å². The molecule has 0 radical (unpaired) electrons. The van der Waals surface area contributed by atoms with Crippen molar-refractivity contribution in [3.63, 3.8) is 0 Å². The maximum absolute atomic E-state index is 10.7. The lowest BCUT2D eigenvalue weighted by atomic mass is 10.1. The first kappa shape index (κ1) is 12.1. The molecule has 0 N–H and O–H groups in total. The smallest absolute Gasteiger partial charge is 0.0211 e. The fourth-order valence-corrected chi connectivity index (χ4v) is 1.82. The third kappa shape index (κ3) is 4.18. The molecule has 0 aromatic carbocycles. The zero-order chi connectivity index (χ0) is 9.56. The average molecular weight is 192 g/mol. The maximum Gasteiger partial charge on any atom is 0.0211 e. The van der Waals surface area contributed by atoms with Crippen LogP contribution >= 0.6 is 0 Å². The van der Waals surface area contributed by atoms with Crippen molar-refractivity contribution in [3.05, 3.63) is 0 Å². The van der Waals surface area contributed by atoms with Gasteiger partial charge in [-0.2, -0.15) is 0 Å². The van der Waals surface area contributed by atoms with Crippen LogP contribution in [0.4, 0.5) is 0 Å². The third-order valence-electron chi connectivity index (χ3n) is 1.97. The van der Waals surface area contributed by atoms with Crippen molar-refractivity contribution in [2.45, 2.75) is 46.1 Å². The van der Waals surface area contributed by atoms with Gasteiger partial charge in [0.15, 0.2) is 0 Å². The first-order valence-electron chi connectivity index (χ1n) is 4.49. The largest absolute Gasteiger partial charge is 0.760 e. The van der Waals surface area contributed by atoms with Gasteiger partial charge in [0, 0.05) is 23.9 Å². The Balaban J connectivity index is 3.85. The molecule has 0 aliphatic carbocycles. The van der Waals surface area contributed by atoms with Crippen molar-refractivity contribution in [2.75, 3.05) is 6.54 Å². The molecule has 12 heavy (non-hydrogen) atoms. The van der Waals surface area contributed by atoms with E-state index in [0.29, 0.717) is 6.54 Å². The molecule has 4 heteroatoms. The Hall–Kier alpha value is 0.0700. The van der Waals surface area contributed by atoms with E-state index in [4.69, 9.17) is 0 Å². The molecule has 2 unspecified atom stereocenters. The van der Waals surface area contributed by atoms with Gasteiger partial charge in [-0.3, -0.25) is 4.21 Å². The van der Waals surface area contributed by atoms with Crippen LogP contribution in [0.15, 0.2) is 0 Å². The second-order valence-electron chi connectivity index (χ2n) is 2.94. The van der Waals surface area contributed by atoms with E-state index in [2.05, 4.69) is 6.92 Å². The van der Waals surface area contributed by atoms with E-state index in [1.165, 1.54) is 4.31 Å². The van der Waals surface area contributed by atoms with Gasteiger partial charge in [-0.25, -0.2) is 4.31 Å². The number of nitrogens with zero attached hydrogens (tertiary/aromatic N) is 1. The average Bonchev–Trinajstić information content (AvgIpc) is 2.01. The van der Waals surface area contributed by atoms with Gasteiger partial charge in [-0.15, -0.1) is 0 Å². The van der Waals surface area contributed by atoms with Gasteiger partial charge in [0.1, 0.15) is 0 Å². The van der Waals surface area contributed by atoms with Crippen LogP contribution in [-0.2, 0) is 11.3 Å². The molecular formula is C8H18NO2S-. The summed E-state index contributed by atoms with van der Waals surface area (Å²) in [6.45, 7) is 6.49. The molecule has 0 bridgehead atoms. The summed E-state index contributed by atoms with van der Waals surface area (Å²) in [4.78, 5) is 0. The minimum Gasteiger partial charge on any atom is -0.760 e. The summed E-state index contributed by atoms with van der Waals surface area (Å²) >= 11 is -2.05. The van der Waals surface area contributed by atoms with Crippen LogP contribution < -0.4 is 0 Å². The molecule has 0 aromatic rings. The Bertz CT molecular complexity index is 141. The van der Waals surface area contributed by atoms with Crippen molar-refractivity contribution >= 4 is 11.3 Å². The molecule has 0 aliphatic heterocycles. The molecule has 0 spiro atoms. The minimum absolute atomic E-state index is 0.147. The lowest BCUT2D eigenvalue weighted by Gasteiger charge is -2.28. The summed E-state index contributed by atoms with van der Waals surface area (Å²) in [5, 5.41) is 0. The lowest BCUT2D eigenvalue weighted by Crippen LogP contribution is -2.34. The Kier molecular flexibility index (Phi) is 6.61. The van der Waals surface area contributed by atoms with Gasteiger partial charge in [0.25, 0.3) is 0 Å². The number of hydrogen-bond donors (Lipinski definition) is 0. The molecule has 2 atom stereocenters. The van der Waals surface area contributed by atoms with Crippen molar-refractivity contribution in [3.8, 4) is 0 Å². The standard InChI is InChI=1S/C8H19NO2S/c1-4-6-7-8(3)9(5-2)12(10)11/h8H,4-7H2,1-3H3,(H,10,11)/p-1. The van der Waals surface area contributed by atoms with Crippen molar-refractivity contribution in [1.29, 1.82) is 0 Å². The van der Waals surface area contributed by atoms with E-state index in [9.17, 15) is 8.76 Å². The Morgan fingerprint density at radius 2 is 2.08 bits per heavy atom. The van der Waals surface area contributed by atoms with Gasteiger partial charge in [0.2, 0.25) is 0 Å². The number of rotatable bonds is 6. The van der Waals surface area contributed by atoms with E-state index in [0.717, 1.165) is 19.3 Å². The van der Waals surface area contributed by atoms with Crippen LogP contribution in [0.1, 0.15) is 40.0 Å². The van der Waals surface area contributed by atoms with Crippen molar-refractivity contribution in [1.82, 2.24) is 4.31 Å². The molecule has 0 aliphatic rings. The van der Waals surface area contributed by atoms with Crippen molar-refractivity contribution in [2.24, 2.45) is 0 Å². The van der Waals surface area contributed by atoms with Gasteiger partial charge < -0.3 is 4.55 Å². The number of unbranched alkanes of at least 4 members (excludes halogenated alkanes) is 1. The van der Waals surface area contributed by atoms with E-state index >= 15 is 0 Å². The van der Waals surface area contributed by atoms with Crippen LogP contribution in [0.5, 0.6) is 0 Å². The van der Waals surface area contributed by atoms with Crippen molar-refractivity contribution < 1.29 is 8.76 Å². The van der Waals surface area contributed by atoms with Crippen LogP contribution in [-0.4, -0.2) is 25.7 Å². The first-order valence-corrected chi connectivity index (χ1v) is 5.52. The SMILES string of the molecule is CCCCC(C)N(CC)S(=O)[O-]. The number of hydrogen-bond acceptors (Lipinski definition) is 2. The van der Waals surface area contributed by atoms with Gasteiger partial charge in [-0.1, -0.05) is 26.7 Å². The molecule has 0 aromatic heterocycles. The van der Waals surface area contributed by atoms with E-state index in [-0.39, 0.29) is 6.04 Å². The fraction of sp³-hybridized carbons (Fsp3) is 1.00. The quantitative estimate of drug-likeness (QED) is 0.601. The highest BCUT2D eigenvalue weighted by atomic mass is 32.2. The van der Waals surface area contributed by atoms with Crippen LogP contribution in [0.25, 0.3) is 0 Å². The Labute approximate surface area is 77.6 Å². The second-order valence-corrected chi connectivity index (χ2v) is 3.84. The minimum atomic E-state index is -2.05. The molecular weight excluding hydrogens is 174 g/mol. The van der Waals surface area contributed by atoms with Gasteiger partial charge in [0.05, 0.1) is 0 Å². The Morgan fingerprint density at radius 3 is 2.42 bits per heavy atom. The van der Waals surface area contributed by atoms with Gasteiger partial charge in [-0.05, 0) is 13.3 Å². The zero-order valence-electron chi connectivity index (χ0n) is 8.08. The summed E-state index contributed by atoms with van der Waals surface area (Å²) in [5.74, 6) is 0. The molecule has 0 saturated carbocycles. The van der Waals surface area contributed by atoms with Crippen LogP contribution in [0.3, 0.4) is 0 Å². The monoisotopic (exact) mass is 192 g/mol. The summed E-state index contributed by atoms with van der Waals surface area (Å²) in [5.41, 5.74) is 0. The molecule has 0 rings (SSSR count). The molecule has 3 nitrogen and oxygen atoms in total. The molecule has 0 fully saturated rings. The summed E-state index contributed by atoms with van der Waals surface area (Å²) in [6.07, 6.45) is 3.17. The summed E-state index contributed by atoms with van der Waals surface area (Å²) in [6, 6.07) is 0.147. The maximum atomic E-state index is 10.7. The molecule has 0 heterocycles. The van der Waals surface area contributed by atoms with Crippen LogP contribution in [0.2, 0.25) is 0 Å². The fourth-order valence-electron chi connectivity index (χ4n) is 1.21. The highest BCUT2D eigenvalue weighted by molar-refractivity contribution is 7.76. The first-order chi connectivity index (χ1) is 5.63. The molecule has 74 valence electrons. The summed E-state index contributed by atoms with van der Waals surface area (Å²) < 4.78 is 22.8. The molecule has 0 amide bonds. The Morgan fingerprint density at radius 1 is 1.50 bits per heavy atom. The lowest BCUT2D eigenvalue weighted by molar-refractivity contribution is 0.316. The predicted octanol–water partition coefficient (Wildman–Crippen LogP) is 1.68. The predicted molar refractivity (Wildman–Crippen MR) is 50.3 cm³/mol. The highest BCUT2D eigenvalue weighted by Gasteiger charge is 2.10. The normalized spacial score (nSPS) is 16.4. The van der Waals surface area contributed by atoms with Gasteiger partial charge >= 0.3 is 0 Å². The highest BCUT2D eigenvalue weighted by Crippen LogP contribution is 2.08. The van der Waals surface area contributed by atoms with E-state index in [1.54, 1.807) is 0 Å². The molecule has 0 saturated heterocycles. The second kappa shape index (κ2) is 6.57. The zero-order valence-corrected chi connectivity index (χ0v) is 8.89. The van der Waals surface area contributed by atoms with Crippen LogP contribution in [0, 0.1) is 0 Å². The summed E-state index contributed by atoms with van der Waals surface area (Å²) in [7, 11) is 0. The van der Waals surface area contributed by atoms with E-state index < -0.39 is 11.3 Å².